The molecule has 0 aromatic carbocycles. The maximum atomic E-state index is 6.33. The monoisotopic (exact) mass is 236 g/mol. The molecule has 1 heterocycles. The van der Waals surface area contributed by atoms with Crippen LogP contribution in [0.2, 0.25) is 6.32 Å². The molecule has 2 nitrogen and oxygen atoms in total. The van der Waals surface area contributed by atoms with Crippen molar-refractivity contribution in [1.82, 2.24) is 0 Å². The van der Waals surface area contributed by atoms with E-state index < -0.39 is 0 Å². The average Bonchev–Trinajstić information content (AvgIpc) is 2.51. The molecule has 0 radical (unpaired) electrons. The number of hydrogen-bond donors (Lipinski definition) is 0. The third-order valence-corrected chi connectivity index (χ3v) is 5.67. The Morgan fingerprint density at radius 1 is 1.24 bits per heavy atom. The van der Waals surface area contributed by atoms with E-state index in [4.69, 9.17) is 9.31 Å². The number of hydrogen-bond acceptors (Lipinski definition) is 2. The maximum Gasteiger partial charge on any atom is 0.457 e. The molecule has 4 rings (SSSR count). The zero-order valence-corrected chi connectivity index (χ0v) is 11.8. The Bertz CT molecular complexity index is 328. The molecule has 0 aromatic rings. The molecule has 4 fully saturated rings. The standard InChI is InChI=1S/C14H25BO2/c1-9(2)8-15-16-12-7-10-6-11(13(10,3)4)14(12,5)17-15/h9-12H,6-8H2,1-5H3/t10-,11-,12-,14+/m1/s1. The van der Waals surface area contributed by atoms with Crippen molar-refractivity contribution in [3.8, 4) is 0 Å². The van der Waals surface area contributed by atoms with Crippen molar-refractivity contribution in [2.75, 3.05) is 0 Å². The minimum absolute atomic E-state index is 0.0161. The highest BCUT2D eigenvalue weighted by molar-refractivity contribution is 6.45. The van der Waals surface area contributed by atoms with Gasteiger partial charge in [-0.1, -0.05) is 27.7 Å². The normalized spacial score (nSPS) is 46.9. The number of rotatable bonds is 2. The molecule has 3 aliphatic carbocycles. The lowest BCUT2D eigenvalue weighted by atomic mass is 9.43. The van der Waals surface area contributed by atoms with Crippen molar-refractivity contribution in [1.29, 1.82) is 0 Å². The molecule has 1 saturated heterocycles. The van der Waals surface area contributed by atoms with E-state index in [9.17, 15) is 0 Å². The molecular formula is C14H25BO2. The largest absolute Gasteiger partial charge is 0.457 e. The van der Waals surface area contributed by atoms with Gasteiger partial charge in [0.05, 0.1) is 11.7 Å². The highest BCUT2D eigenvalue weighted by Crippen LogP contribution is 2.65. The fourth-order valence-corrected chi connectivity index (χ4v) is 4.44. The predicted octanol–water partition coefficient (Wildman–Crippen LogP) is 3.37. The molecular weight excluding hydrogens is 211 g/mol. The SMILES string of the molecule is CC(C)CB1O[C@@H]2C[C@H]3C[C@H](C3(C)C)[C@]2(C)O1. The first-order valence-electron chi connectivity index (χ1n) is 7.17. The van der Waals surface area contributed by atoms with Crippen molar-refractivity contribution in [3.05, 3.63) is 0 Å². The highest BCUT2D eigenvalue weighted by atomic mass is 16.7. The first kappa shape index (κ1) is 12.0. The van der Waals surface area contributed by atoms with Crippen LogP contribution in [0.1, 0.15) is 47.5 Å². The van der Waals surface area contributed by atoms with Gasteiger partial charge in [-0.2, -0.15) is 0 Å². The van der Waals surface area contributed by atoms with Crippen molar-refractivity contribution in [2.45, 2.75) is 65.5 Å². The average molecular weight is 236 g/mol. The molecule has 0 aromatic heterocycles. The second-order valence-electron chi connectivity index (χ2n) is 7.53. The Morgan fingerprint density at radius 2 is 1.94 bits per heavy atom. The smallest absolute Gasteiger partial charge is 0.405 e. The van der Waals surface area contributed by atoms with Crippen LogP contribution >= 0.6 is 0 Å². The van der Waals surface area contributed by atoms with Gasteiger partial charge in [0, 0.05) is 0 Å². The van der Waals surface area contributed by atoms with Crippen molar-refractivity contribution in [3.63, 3.8) is 0 Å². The third-order valence-electron chi connectivity index (χ3n) is 5.67. The van der Waals surface area contributed by atoms with Crippen LogP contribution in [0, 0.1) is 23.2 Å². The maximum absolute atomic E-state index is 6.33. The lowest BCUT2D eigenvalue weighted by molar-refractivity contribution is -0.199. The predicted molar refractivity (Wildman–Crippen MR) is 69.8 cm³/mol. The van der Waals surface area contributed by atoms with Crippen molar-refractivity contribution >= 4 is 7.12 Å². The molecule has 3 heteroatoms. The van der Waals surface area contributed by atoms with E-state index in [0.717, 1.165) is 12.2 Å². The van der Waals surface area contributed by atoms with Crippen LogP contribution < -0.4 is 0 Å². The van der Waals surface area contributed by atoms with Crippen LogP contribution in [-0.4, -0.2) is 18.8 Å². The van der Waals surface area contributed by atoms with E-state index in [1.807, 2.05) is 0 Å². The van der Waals surface area contributed by atoms with E-state index >= 15 is 0 Å². The molecule has 3 saturated carbocycles. The van der Waals surface area contributed by atoms with Gasteiger partial charge in [0.25, 0.3) is 0 Å². The van der Waals surface area contributed by atoms with Gasteiger partial charge in [-0.05, 0) is 49.3 Å². The van der Waals surface area contributed by atoms with Gasteiger partial charge in [0.1, 0.15) is 0 Å². The van der Waals surface area contributed by atoms with E-state index in [-0.39, 0.29) is 12.7 Å². The lowest BCUT2D eigenvalue weighted by Gasteiger charge is -2.64. The van der Waals surface area contributed by atoms with Crippen LogP contribution in [0.15, 0.2) is 0 Å². The molecule has 17 heavy (non-hydrogen) atoms. The fraction of sp³-hybridized carbons (Fsp3) is 1.00. The quantitative estimate of drug-likeness (QED) is 0.684. The zero-order valence-electron chi connectivity index (χ0n) is 11.8. The molecule has 2 bridgehead atoms. The summed E-state index contributed by atoms with van der Waals surface area (Å²) < 4.78 is 12.5. The minimum Gasteiger partial charge on any atom is -0.405 e. The van der Waals surface area contributed by atoms with Gasteiger partial charge in [-0.15, -0.1) is 0 Å². The Hall–Kier alpha value is -0.0151. The summed E-state index contributed by atoms with van der Waals surface area (Å²) in [6, 6.07) is 0. The van der Waals surface area contributed by atoms with Gasteiger partial charge in [0.15, 0.2) is 0 Å². The molecule has 96 valence electrons. The lowest BCUT2D eigenvalue weighted by Crippen LogP contribution is -2.65. The van der Waals surface area contributed by atoms with Gasteiger partial charge in [-0.25, -0.2) is 0 Å². The second-order valence-corrected chi connectivity index (χ2v) is 7.53. The van der Waals surface area contributed by atoms with Gasteiger partial charge >= 0.3 is 7.12 Å². The van der Waals surface area contributed by atoms with Crippen LogP contribution in [0.4, 0.5) is 0 Å². The van der Waals surface area contributed by atoms with Crippen LogP contribution in [-0.2, 0) is 9.31 Å². The Morgan fingerprint density at radius 3 is 2.53 bits per heavy atom. The van der Waals surface area contributed by atoms with Crippen molar-refractivity contribution < 1.29 is 9.31 Å². The molecule has 0 N–H and O–H groups in total. The summed E-state index contributed by atoms with van der Waals surface area (Å²) in [5, 5.41) is 0. The summed E-state index contributed by atoms with van der Waals surface area (Å²) in [6.07, 6.45) is 3.93. The van der Waals surface area contributed by atoms with Crippen LogP contribution in [0.3, 0.4) is 0 Å². The Labute approximate surface area is 106 Å². The summed E-state index contributed by atoms with van der Waals surface area (Å²) in [4.78, 5) is 0. The van der Waals surface area contributed by atoms with Crippen molar-refractivity contribution in [2.24, 2.45) is 23.2 Å². The third kappa shape index (κ3) is 1.54. The summed E-state index contributed by atoms with van der Waals surface area (Å²) in [6.45, 7) is 11.6. The molecule has 4 aliphatic rings. The van der Waals surface area contributed by atoms with E-state index in [0.29, 0.717) is 23.4 Å². The summed E-state index contributed by atoms with van der Waals surface area (Å²) in [5.74, 6) is 2.19. The summed E-state index contributed by atoms with van der Waals surface area (Å²) in [5.41, 5.74) is 0.444. The zero-order chi connectivity index (χ0) is 12.4. The topological polar surface area (TPSA) is 18.5 Å². The first-order chi connectivity index (χ1) is 7.84. The summed E-state index contributed by atoms with van der Waals surface area (Å²) in [7, 11) is 0.0418. The fourth-order valence-electron chi connectivity index (χ4n) is 4.44. The van der Waals surface area contributed by atoms with Gasteiger partial charge < -0.3 is 9.31 Å². The minimum atomic E-state index is -0.0161. The molecule has 0 unspecified atom stereocenters. The highest BCUT2D eigenvalue weighted by Gasteiger charge is 2.67. The van der Waals surface area contributed by atoms with Gasteiger partial charge in [0.2, 0.25) is 0 Å². The molecule has 0 amide bonds. The van der Waals surface area contributed by atoms with E-state index in [2.05, 4.69) is 34.6 Å². The Kier molecular flexibility index (Phi) is 2.49. The van der Waals surface area contributed by atoms with E-state index in [1.165, 1.54) is 12.8 Å². The van der Waals surface area contributed by atoms with E-state index in [1.54, 1.807) is 0 Å². The van der Waals surface area contributed by atoms with Crippen LogP contribution in [0.25, 0.3) is 0 Å². The van der Waals surface area contributed by atoms with Gasteiger partial charge in [-0.3, -0.25) is 0 Å². The first-order valence-corrected chi connectivity index (χ1v) is 7.17. The molecule has 1 aliphatic heterocycles. The summed E-state index contributed by atoms with van der Waals surface area (Å²) >= 11 is 0. The second kappa shape index (κ2) is 3.51. The molecule has 4 atom stereocenters. The molecule has 0 spiro atoms. The Balaban J connectivity index is 1.78. The van der Waals surface area contributed by atoms with Crippen LogP contribution in [0.5, 0.6) is 0 Å².